The molecule has 8 nitrogen and oxygen atoms in total. The molecule has 1 unspecified atom stereocenters. The van der Waals surface area contributed by atoms with Gasteiger partial charge in [0.2, 0.25) is 6.29 Å². The first-order chi connectivity index (χ1) is 9.02. The average molecular weight is 309 g/mol. The van der Waals surface area contributed by atoms with Crippen LogP contribution in [0.3, 0.4) is 0 Å². The van der Waals surface area contributed by atoms with Gasteiger partial charge in [-0.2, -0.15) is 0 Å². The maximum Gasteiger partial charge on any atom is 0.410 e. The number of ether oxygens (including phenoxy) is 2. The summed E-state index contributed by atoms with van der Waals surface area (Å²) < 4.78 is 9.58. The molecule has 0 saturated carbocycles. The first-order valence-corrected chi connectivity index (χ1v) is 7.28. The van der Waals surface area contributed by atoms with Crippen LogP contribution >= 0.6 is 8.38 Å². The summed E-state index contributed by atoms with van der Waals surface area (Å²) in [7, 11) is -2.32. The van der Waals surface area contributed by atoms with Gasteiger partial charge in [0.05, 0.1) is 18.1 Å². The van der Waals surface area contributed by atoms with Crippen molar-refractivity contribution in [2.24, 2.45) is 5.41 Å². The van der Waals surface area contributed by atoms with E-state index in [1.165, 1.54) is 6.92 Å². The molecule has 0 bridgehead atoms. The van der Waals surface area contributed by atoms with E-state index in [2.05, 4.69) is 5.32 Å². The first kappa shape index (κ1) is 18.8. The predicted octanol–water partition coefficient (Wildman–Crippen LogP) is 0.513. The van der Waals surface area contributed by atoms with Gasteiger partial charge in [0.15, 0.2) is 14.2 Å². The number of hydrogen-bond donors (Lipinski definition) is 3. The Bertz CT molecular complexity index is 364. The summed E-state index contributed by atoms with van der Waals surface area (Å²) in [5.74, 6) is -1.07. The zero-order valence-electron chi connectivity index (χ0n) is 11.9. The van der Waals surface area contributed by atoms with E-state index in [1.54, 1.807) is 20.8 Å². The zero-order valence-corrected chi connectivity index (χ0v) is 12.8. The lowest BCUT2D eigenvalue weighted by Crippen LogP contribution is -2.35. The van der Waals surface area contributed by atoms with Gasteiger partial charge in [-0.1, -0.05) is 0 Å². The van der Waals surface area contributed by atoms with Crippen molar-refractivity contribution in [1.29, 1.82) is 0 Å². The van der Waals surface area contributed by atoms with Crippen molar-refractivity contribution in [3.05, 3.63) is 0 Å². The quantitative estimate of drug-likeness (QED) is 0.371. The van der Waals surface area contributed by atoms with Crippen molar-refractivity contribution < 1.29 is 33.6 Å². The monoisotopic (exact) mass is 309 g/mol. The van der Waals surface area contributed by atoms with Crippen LogP contribution in [-0.2, 0) is 19.1 Å². The van der Waals surface area contributed by atoms with Gasteiger partial charge in [-0.15, -0.1) is 0 Å². The minimum Gasteiger partial charge on any atom is -0.425 e. The Morgan fingerprint density at radius 3 is 2.20 bits per heavy atom. The molecule has 20 heavy (non-hydrogen) atoms. The van der Waals surface area contributed by atoms with Gasteiger partial charge in [-0.25, -0.2) is 4.79 Å². The van der Waals surface area contributed by atoms with Crippen LogP contribution in [0.15, 0.2) is 0 Å². The van der Waals surface area contributed by atoms with Crippen LogP contribution in [0, 0.1) is 5.41 Å². The van der Waals surface area contributed by atoms with E-state index in [1.807, 2.05) is 0 Å². The van der Waals surface area contributed by atoms with Crippen LogP contribution in [0.2, 0.25) is 0 Å². The average Bonchev–Trinajstić information content (AvgIpc) is 2.23. The fourth-order valence-corrected chi connectivity index (χ4v) is 1.36. The lowest BCUT2D eigenvalue weighted by molar-refractivity contribution is -0.174. The molecule has 0 aromatic rings. The Morgan fingerprint density at radius 2 is 1.75 bits per heavy atom. The first-order valence-electron chi connectivity index (χ1n) is 5.85. The molecule has 0 radical (unpaired) electrons. The van der Waals surface area contributed by atoms with E-state index in [9.17, 15) is 14.4 Å². The summed E-state index contributed by atoms with van der Waals surface area (Å²) in [5.41, 5.74) is -0.719. The molecule has 0 fully saturated rings. The fraction of sp³-hybridized carbons (Fsp3) is 0.727. The molecular formula is C11H20NO7P. The highest BCUT2D eigenvalue weighted by atomic mass is 31.2. The number of ketones is 1. The molecule has 9 heteroatoms. The standard InChI is InChI=1S/C11H20NO7P/c1-7(18-9(14)11(2,3)4)19-10(15)12-5-8(13)6-20(16)17/h7,16-17H,5-6H2,1-4H3,(H,12,15). The summed E-state index contributed by atoms with van der Waals surface area (Å²) >= 11 is 0. The number of Topliss-reactive ketones (excluding diaryl/α,β-unsaturated/α-hetero) is 1. The van der Waals surface area contributed by atoms with Crippen molar-refractivity contribution in [2.75, 3.05) is 12.7 Å². The minimum absolute atomic E-state index is 0.390. The largest absolute Gasteiger partial charge is 0.425 e. The second-order valence-electron chi connectivity index (χ2n) is 5.05. The Kier molecular flexibility index (Phi) is 7.63. The molecule has 0 aromatic carbocycles. The van der Waals surface area contributed by atoms with Gasteiger partial charge < -0.3 is 24.6 Å². The van der Waals surface area contributed by atoms with Crippen LogP contribution in [0.4, 0.5) is 4.79 Å². The number of esters is 1. The predicted molar refractivity (Wildman–Crippen MR) is 70.7 cm³/mol. The van der Waals surface area contributed by atoms with Crippen LogP contribution in [0.1, 0.15) is 27.7 Å². The fourth-order valence-electron chi connectivity index (χ4n) is 0.928. The van der Waals surface area contributed by atoms with E-state index in [0.29, 0.717) is 0 Å². The molecule has 0 aromatic heterocycles. The van der Waals surface area contributed by atoms with E-state index in [4.69, 9.17) is 19.3 Å². The Hall–Kier alpha value is -1.24. The highest BCUT2D eigenvalue weighted by molar-refractivity contribution is 7.46. The zero-order chi connectivity index (χ0) is 15.9. The lowest BCUT2D eigenvalue weighted by Gasteiger charge is -2.20. The number of alkyl carbamates (subject to hydrolysis) is 1. The van der Waals surface area contributed by atoms with E-state index >= 15 is 0 Å². The number of amides is 1. The van der Waals surface area contributed by atoms with Crippen LogP contribution in [0.5, 0.6) is 0 Å². The number of hydrogen-bond acceptors (Lipinski definition) is 7. The van der Waals surface area contributed by atoms with Crippen LogP contribution < -0.4 is 5.32 Å². The van der Waals surface area contributed by atoms with Gasteiger partial charge in [-0.3, -0.25) is 9.59 Å². The number of carbonyl (C=O) groups is 3. The lowest BCUT2D eigenvalue weighted by atomic mass is 9.97. The van der Waals surface area contributed by atoms with Gasteiger partial charge in [-0.05, 0) is 20.8 Å². The van der Waals surface area contributed by atoms with E-state index in [0.717, 1.165) is 0 Å². The maximum atomic E-state index is 11.5. The summed E-state index contributed by atoms with van der Waals surface area (Å²) in [6.07, 6.45) is -2.46. The molecule has 0 saturated heterocycles. The molecule has 1 amide bonds. The summed E-state index contributed by atoms with van der Waals surface area (Å²) in [6.45, 7) is 5.94. The topological polar surface area (TPSA) is 122 Å². The molecule has 0 aliphatic heterocycles. The maximum absolute atomic E-state index is 11.5. The molecule has 0 spiro atoms. The van der Waals surface area contributed by atoms with Gasteiger partial charge in [0.1, 0.15) is 0 Å². The highest BCUT2D eigenvalue weighted by Crippen LogP contribution is 2.21. The van der Waals surface area contributed by atoms with Crippen molar-refractivity contribution in [2.45, 2.75) is 34.0 Å². The minimum atomic E-state index is -2.32. The smallest absolute Gasteiger partial charge is 0.410 e. The number of carbonyl (C=O) groups excluding carboxylic acids is 3. The van der Waals surface area contributed by atoms with Gasteiger partial charge in [0, 0.05) is 6.92 Å². The Labute approximate surface area is 118 Å². The molecule has 0 aliphatic rings. The third kappa shape index (κ3) is 8.79. The van der Waals surface area contributed by atoms with Crippen molar-refractivity contribution in [1.82, 2.24) is 5.32 Å². The van der Waals surface area contributed by atoms with Crippen LogP contribution in [0.25, 0.3) is 0 Å². The van der Waals surface area contributed by atoms with Crippen LogP contribution in [-0.4, -0.2) is 46.6 Å². The number of nitrogens with one attached hydrogen (secondary N) is 1. The molecule has 0 aliphatic carbocycles. The SMILES string of the molecule is CC(OC(=O)NCC(=O)CP(O)O)OC(=O)C(C)(C)C. The van der Waals surface area contributed by atoms with Gasteiger partial charge >= 0.3 is 12.1 Å². The molecule has 1 atom stereocenters. The summed E-state index contributed by atoms with van der Waals surface area (Å²) in [6, 6.07) is 0. The molecule has 3 N–H and O–H groups in total. The van der Waals surface area contributed by atoms with E-state index < -0.39 is 50.6 Å². The van der Waals surface area contributed by atoms with Gasteiger partial charge in [0.25, 0.3) is 0 Å². The summed E-state index contributed by atoms with van der Waals surface area (Å²) in [4.78, 5) is 51.1. The molecule has 0 rings (SSSR count). The second kappa shape index (κ2) is 8.14. The highest BCUT2D eigenvalue weighted by Gasteiger charge is 2.26. The molecule has 0 heterocycles. The Morgan fingerprint density at radius 1 is 1.20 bits per heavy atom. The Balaban J connectivity index is 4.03. The summed E-state index contributed by atoms with van der Waals surface area (Å²) in [5, 5.41) is 2.12. The molecular weight excluding hydrogens is 289 g/mol. The third-order valence-corrected chi connectivity index (χ3v) is 2.54. The second-order valence-corrected chi connectivity index (χ2v) is 6.11. The normalized spacial score (nSPS) is 12.8. The van der Waals surface area contributed by atoms with E-state index in [-0.39, 0.29) is 0 Å². The third-order valence-electron chi connectivity index (χ3n) is 1.91. The molecule has 116 valence electrons. The van der Waals surface area contributed by atoms with Crippen molar-refractivity contribution in [3.8, 4) is 0 Å². The number of rotatable bonds is 6. The van der Waals surface area contributed by atoms with Crippen molar-refractivity contribution >= 4 is 26.2 Å². The van der Waals surface area contributed by atoms with Crippen molar-refractivity contribution in [3.63, 3.8) is 0 Å².